The van der Waals surface area contributed by atoms with E-state index in [0.717, 1.165) is 0 Å². The van der Waals surface area contributed by atoms with Crippen molar-refractivity contribution in [3.05, 3.63) is 0 Å². The van der Waals surface area contributed by atoms with Crippen LogP contribution in [-0.2, 0) is 19.6 Å². The van der Waals surface area contributed by atoms with Crippen LogP contribution in [-0.4, -0.2) is 52.9 Å². The Balaban J connectivity index is 3.86. The van der Waals surface area contributed by atoms with Crippen molar-refractivity contribution < 1.29 is 17.9 Å². The Hall–Kier alpha value is -0.700. The van der Waals surface area contributed by atoms with Crippen molar-refractivity contribution in [2.75, 3.05) is 32.5 Å². The van der Waals surface area contributed by atoms with Crippen molar-refractivity contribution in [2.45, 2.75) is 19.4 Å². The molecular weight excluding hydrogens is 246 g/mol. The molecule has 0 fully saturated rings. The van der Waals surface area contributed by atoms with Crippen LogP contribution in [0.5, 0.6) is 0 Å². The van der Waals surface area contributed by atoms with E-state index >= 15 is 0 Å². The predicted molar refractivity (Wildman–Crippen MR) is 64.9 cm³/mol. The number of rotatable bonds is 9. The van der Waals surface area contributed by atoms with Gasteiger partial charge in [-0.25, -0.2) is 13.1 Å². The quantitative estimate of drug-likeness (QED) is 0.466. The zero-order valence-corrected chi connectivity index (χ0v) is 11.0. The topological polar surface area (TPSA) is 111 Å². The van der Waals surface area contributed by atoms with Crippen molar-refractivity contribution in [2.24, 2.45) is 5.73 Å². The van der Waals surface area contributed by atoms with Crippen molar-refractivity contribution in [1.29, 1.82) is 0 Å². The zero-order chi connectivity index (χ0) is 13.3. The first-order valence-corrected chi connectivity index (χ1v) is 7.07. The summed E-state index contributed by atoms with van der Waals surface area (Å²) in [6, 6.07) is 0. The number of amides is 1. The SMILES string of the molecule is CCNS(=O)(=O)CCNC(=O)CC(CN)OC. The maximum atomic E-state index is 11.4. The van der Waals surface area contributed by atoms with Crippen molar-refractivity contribution >= 4 is 15.9 Å². The molecule has 17 heavy (non-hydrogen) atoms. The van der Waals surface area contributed by atoms with Gasteiger partial charge in [-0.05, 0) is 0 Å². The van der Waals surface area contributed by atoms with Gasteiger partial charge in [0.2, 0.25) is 15.9 Å². The van der Waals surface area contributed by atoms with Crippen molar-refractivity contribution in [3.63, 3.8) is 0 Å². The molecule has 0 aromatic heterocycles. The summed E-state index contributed by atoms with van der Waals surface area (Å²) in [6.45, 7) is 2.37. The van der Waals surface area contributed by atoms with E-state index in [9.17, 15) is 13.2 Å². The van der Waals surface area contributed by atoms with Gasteiger partial charge < -0.3 is 15.8 Å². The predicted octanol–water partition coefficient (Wildman–Crippen LogP) is -1.59. The van der Waals surface area contributed by atoms with E-state index in [1.807, 2.05) is 0 Å². The lowest BCUT2D eigenvalue weighted by Crippen LogP contribution is -2.36. The summed E-state index contributed by atoms with van der Waals surface area (Å²) in [5.41, 5.74) is 5.36. The highest BCUT2D eigenvalue weighted by molar-refractivity contribution is 7.89. The molecule has 0 saturated heterocycles. The molecule has 0 aromatic rings. The molecule has 4 N–H and O–H groups in total. The Morgan fingerprint density at radius 1 is 1.47 bits per heavy atom. The van der Waals surface area contributed by atoms with Crippen LogP contribution in [0.1, 0.15) is 13.3 Å². The monoisotopic (exact) mass is 267 g/mol. The third-order valence-electron chi connectivity index (χ3n) is 2.07. The molecule has 1 unspecified atom stereocenters. The summed E-state index contributed by atoms with van der Waals surface area (Å²) in [7, 11) is -1.81. The van der Waals surface area contributed by atoms with E-state index in [2.05, 4.69) is 10.0 Å². The molecule has 0 aromatic carbocycles. The number of carbonyl (C=O) groups is 1. The molecule has 0 rings (SSSR count). The van der Waals surface area contributed by atoms with Gasteiger partial charge in [-0.1, -0.05) is 6.92 Å². The fraction of sp³-hybridized carbons (Fsp3) is 0.889. The Morgan fingerprint density at radius 3 is 2.59 bits per heavy atom. The Bertz CT molecular complexity index is 314. The van der Waals surface area contributed by atoms with Gasteiger partial charge in [0.15, 0.2) is 0 Å². The summed E-state index contributed by atoms with van der Waals surface area (Å²) >= 11 is 0. The van der Waals surface area contributed by atoms with Gasteiger partial charge in [0, 0.05) is 26.7 Å². The van der Waals surface area contributed by atoms with Gasteiger partial charge in [-0.15, -0.1) is 0 Å². The molecule has 7 nitrogen and oxygen atoms in total. The third-order valence-corrected chi connectivity index (χ3v) is 3.54. The Morgan fingerprint density at radius 2 is 2.12 bits per heavy atom. The smallest absolute Gasteiger partial charge is 0.222 e. The molecule has 0 aliphatic rings. The first-order chi connectivity index (χ1) is 7.95. The first kappa shape index (κ1) is 16.3. The maximum Gasteiger partial charge on any atom is 0.222 e. The minimum atomic E-state index is -3.29. The molecule has 8 heteroatoms. The number of nitrogens with one attached hydrogen (secondary N) is 2. The highest BCUT2D eigenvalue weighted by Crippen LogP contribution is 1.94. The zero-order valence-electron chi connectivity index (χ0n) is 10.2. The highest BCUT2D eigenvalue weighted by atomic mass is 32.2. The van der Waals surface area contributed by atoms with Crippen LogP contribution < -0.4 is 15.8 Å². The van der Waals surface area contributed by atoms with Crippen molar-refractivity contribution in [1.82, 2.24) is 10.0 Å². The number of methoxy groups -OCH3 is 1. The second-order valence-corrected chi connectivity index (χ2v) is 5.39. The van der Waals surface area contributed by atoms with Crippen LogP contribution in [0, 0.1) is 0 Å². The molecule has 0 spiro atoms. The van der Waals surface area contributed by atoms with Crippen LogP contribution in [0.3, 0.4) is 0 Å². The van der Waals surface area contributed by atoms with E-state index in [-0.39, 0.29) is 37.3 Å². The lowest BCUT2D eigenvalue weighted by Gasteiger charge is -2.12. The van der Waals surface area contributed by atoms with Gasteiger partial charge in [0.25, 0.3) is 0 Å². The van der Waals surface area contributed by atoms with Crippen LogP contribution >= 0.6 is 0 Å². The molecule has 0 aliphatic carbocycles. The van der Waals surface area contributed by atoms with Crippen LogP contribution in [0.2, 0.25) is 0 Å². The molecule has 1 amide bonds. The van der Waals surface area contributed by atoms with Gasteiger partial charge in [0.1, 0.15) is 0 Å². The average molecular weight is 267 g/mol. The number of sulfonamides is 1. The van der Waals surface area contributed by atoms with Gasteiger partial charge in [-0.2, -0.15) is 0 Å². The van der Waals surface area contributed by atoms with E-state index in [0.29, 0.717) is 6.54 Å². The molecule has 1 atom stereocenters. The molecule has 0 aliphatic heterocycles. The normalized spacial score (nSPS) is 13.4. The molecule has 102 valence electrons. The summed E-state index contributed by atoms with van der Waals surface area (Å²) in [4.78, 5) is 11.4. The van der Waals surface area contributed by atoms with Crippen molar-refractivity contribution in [3.8, 4) is 0 Å². The van der Waals surface area contributed by atoms with Gasteiger partial charge in [-0.3, -0.25) is 4.79 Å². The second kappa shape index (κ2) is 8.40. The number of hydrogen-bond acceptors (Lipinski definition) is 5. The minimum absolute atomic E-state index is 0.0785. The average Bonchev–Trinajstić information content (AvgIpc) is 2.25. The fourth-order valence-corrected chi connectivity index (χ4v) is 2.11. The maximum absolute atomic E-state index is 11.4. The summed E-state index contributed by atoms with van der Waals surface area (Å²) in [6.07, 6.45) is -0.200. The number of ether oxygens (including phenoxy) is 1. The largest absolute Gasteiger partial charge is 0.380 e. The molecule has 0 bridgehead atoms. The standard InChI is InChI=1S/C9H21N3O4S/c1-3-12-17(14,15)5-4-11-9(13)6-8(7-10)16-2/h8,12H,3-7,10H2,1-2H3,(H,11,13). The second-order valence-electron chi connectivity index (χ2n) is 3.46. The third kappa shape index (κ3) is 8.08. The summed E-state index contributed by atoms with van der Waals surface area (Å²) < 4.78 is 29.8. The number of nitrogens with two attached hydrogens (primary N) is 1. The number of carbonyl (C=O) groups excluding carboxylic acids is 1. The lowest BCUT2D eigenvalue weighted by atomic mass is 10.2. The summed E-state index contributed by atoms with van der Waals surface area (Å²) in [5.74, 6) is -0.402. The van der Waals surface area contributed by atoms with Crippen LogP contribution in [0.15, 0.2) is 0 Å². The Kier molecular flexibility index (Phi) is 8.05. The molecule has 0 saturated carbocycles. The fourth-order valence-electron chi connectivity index (χ4n) is 1.16. The minimum Gasteiger partial charge on any atom is -0.380 e. The summed E-state index contributed by atoms with van der Waals surface area (Å²) in [5, 5.41) is 2.50. The highest BCUT2D eigenvalue weighted by Gasteiger charge is 2.12. The molecule has 0 heterocycles. The molecule has 0 radical (unpaired) electrons. The first-order valence-electron chi connectivity index (χ1n) is 5.42. The van der Waals surface area contributed by atoms with Gasteiger partial charge >= 0.3 is 0 Å². The molecular formula is C9H21N3O4S. The van der Waals surface area contributed by atoms with E-state index < -0.39 is 10.0 Å². The lowest BCUT2D eigenvalue weighted by molar-refractivity contribution is -0.123. The number of hydrogen-bond donors (Lipinski definition) is 3. The van der Waals surface area contributed by atoms with Gasteiger partial charge in [0.05, 0.1) is 18.3 Å². The van der Waals surface area contributed by atoms with E-state index in [4.69, 9.17) is 10.5 Å². The van der Waals surface area contributed by atoms with E-state index in [1.54, 1.807) is 6.92 Å². The van der Waals surface area contributed by atoms with E-state index in [1.165, 1.54) is 7.11 Å². The van der Waals surface area contributed by atoms with Crippen LogP contribution in [0.4, 0.5) is 0 Å². The Labute approximate surface area is 102 Å². The van der Waals surface area contributed by atoms with Crippen LogP contribution in [0.25, 0.3) is 0 Å².